The molecule has 2 saturated carbocycles. The third-order valence-electron chi connectivity index (χ3n) is 5.07. The summed E-state index contributed by atoms with van der Waals surface area (Å²) in [5.74, 6) is 2.73. The monoisotopic (exact) mass is 240 g/mol. The zero-order valence-electron chi connectivity index (χ0n) is 11.6. The summed E-state index contributed by atoms with van der Waals surface area (Å²) >= 11 is 0. The van der Waals surface area contributed by atoms with Crippen molar-refractivity contribution in [2.75, 3.05) is 0 Å². The Morgan fingerprint density at radius 1 is 1.00 bits per heavy atom. The summed E-state index contributed by atoms with van der Waals surface area (Å²) < 4.78 is 0. The molecule has 0 saturated heterocycles. The SMILES string of the molecule is CC(C)C[C@@H]1CC2C[C@H](C(C)C)C(O)C2C1O. The van der Waals surface area contributed by atoms with Crippen LogP contribution in [0.5, 0.6) is 0 Å². The minimum atomic E-state index is -0.271. The minimum Gasteiger partial charge on any atom is -0.392 e. The second kappa shape index (κ2) is 4.89. The zero-order valence-corrected chi connectivity index (χ0v) is 11.6. The molecule has 100 valence electrons. The Morgan fingerprint density at radius 3 is 2.12 bits per heavy atom. The predicted octanol–water partition coefficient (Wildman–Crippen LogP) is 2.68. The highest BCUT2D eigenvalue weighted by molar-refractivity contribution is 5.02. The van der Waals surface area contributed by atoms with Crippen molar-refractivity contribution in [3.05, 3.63) is 0 Å². The third-order valence-corrected chi connectivity index (χ3v) is 5.07. The van der Waals surface area contributed by atoms with Crippen molar-refractivity contribution in [2.24, 2.45) is 35.5 Å². The Labute approximate surface area is 105 Å². The van der Waals surface area contributed by atoms with Crippen molar-refractivity contribution >= 4 is 0 Å². The van der Waals surface area contributed by atoms with Gasteiger partial charge < -0.3 is 10.2 Å². The normalized spacial score (nSPS) is 45.9. The summed E-state index contributed by atoms with van der Waals surface area (Å²) in [7, 11) is 0. The molecule has 0 aromatic heterocycles. The maximum Gasteiger partial charge on any atom is 0.0626 e. The van der Waals surface area contributed by atoms with Crippen LogP contribution in [0, 0.1) is 35.5 Å². The maximum atomic E-state index is 10.4. The average Bonchev–Trinajstić information content (AvgIpc) is 2.67. The van der Waals surface area contributed by atoms with E-state index in [4.69, 9.17) is 0 Å². The topological polar surface area (TPSA) is 40.5 Å². The van der Waals surface area contributed by atoms with Gasteiger partial charge in [-0.25, -0.2) is 0 Å². The molecule has 0 aliphatic heterocycles. The summed E-state index contributed by atoms with van der Waals surface area (Å²) in [6.07, 6.45) is 2.82. The molecule has 0 aromatic carbocycles. The molecule has 2 N–H and O–H groups in total. The summed E-state index contributed by atoms with van der Waals surface area (Å²) in [5.41, 5.74) is 0. The van der Waals surface area contributed by atoms with Gasteiger partial charge in [-0.2, -0.15) is 0 Å². The summed E-state index contributed by atoms with van der Waals surface area (Å²) in [6, 6.07) is 0. The van der Waals surface area contributed by atoms with Crippen molar-refractivity contribution in [3.63, 3.8) is 0 Å². The zero-order chi connectivity index (χ0) is 12.7. The van der Waals surface area contributed by atoms with Gasteiger partial charge in [-0.15, -0.1) is 0 Å². The smallest absolute Gasteiger partial charge is 0.0626 e. The highest BCUT2D eigenvalue weighted by atomic mass is 16.3. The molecule has 2 aliphatic carbocycles. The van der Waals surface area contributed by atoms with E-state index < -0.39 is 0 Å². The number of fused-ring (bicyclic) bond motifs is 1. The maximum absolute atomic E-state index is 10.4. The first-order chi connectivity index (χ1) is 7.91. The van der Waals surface area contributed by atoms with E-state index in [0.717, 1.165) is 19.3 Å². The Morgan fingerprint density at radius 2 is 1.65 bits per heavy atom. The summed E-state index contributed by atoms with van der Waals surface area (Å²) in [5, 5.41) is 20.8. The standard InChI is InChI=1S/C15H28O2/c1-8(2)5-11-6-10-7-12(9(3)4)15(17)13(10)14(11)16/h8-17H,5-7H2,1-4H3/t10?,11-,12-,13?,14?,15?/m1/s1. The lowest BCUT2D eigenvalue weighted by Gasteiger charge is -2.27. The van der Waals surface area contributed by atoms with Gasteiger partial charge in [0.2, 0.25) is 0 Å². The molecule has 4 unspecified atom stereocenters. The van der Waals surface area contributed by atoms with Crippen LogP contribution in [-0.4, -0.2) is 22.4 Å². The molecule has 0 bridgehead atoms. The predicted molar refractivity (Wildman–Crippen MR) is 69.5 cm³/mol. The molecule has 0 heterocycles. The first kappa shape index (κ1) is 13.4. The second-order valence-corrected chi connectivity index (χ2v) is 7.09. The summed E-state index contributed by atoms with van der Waals surface area (Å²) in [4.78, 5) is 0. The van der Waals surface area contributed by atoms with Crippen LogP contribution < -0.4 is 0 Å². The van der Waals surface area contributed by atoms with Crippen LogP contribution in [-0.2, 0) is 0 Å². The lowest BCUT2D eigenvalue weighted by Crippen LogP contribution is -2.34. The molecule has 0 amide bonds. The molecular formula is C15H28O2. The number of aliphatic hydroxyl groups is 2. The van der Waals surface area contributed by atoms with Crippen molar-refractivity contribution in [1.82, 2.24) is 0 Å². The average molecular weight is 240 g/mol. The molecule has 2 nitrogen and oxygen atoms in total. The number of hydrogen-bond acceptors (Lipinski definition) is 2. The van der Waals surface area contributed by atoms with Crippen LogP contribution in [0.3, 0.4) is 0 Å². The molecule has 17 heavy (non-hydrogen) atoms. The van der Waals surface area contributed by atoms with E-state index in [-0.39, 0.29) is 18.1 Å². The number of aliphatic hydroxyl groups excluding tert-OH is 2. The van der Waals surface area contributed by atoms with Gasteiger partial charge in [-0.3, -0.25) is 0 Å². The van der Waals surface area contributed by atoms with Gasteiger partial charge in [0, 0.05) is 5.92 Å². The Balaban J connectivity index is 2.03. The third kappa shape index (κ3) is 2.39. The van der Waals surface area contributed by atoms with Crippen molar-refractivity contribution in [3.8, 4) is 0 Å². The Hall–Kier alpha value is -0.0800. The van der Waals surface area contributed by atoms with Gasteiger partial charge in [-0.1, -0.05) is 27.7 Å². The van der Waals surface area contributed by atoms with Crippen LogP contribution in [0.1, 0.15) is 47.0 Å². The van der Waals surface area contributed by atoms with E-state index in [9.17, 15) is 10.2 Å². The van der Waals surface area contributed by atoms with E-state index >= 15 is 0 Å². The van der Waals surface area contributed by atoms with Crippen molar-refractivity contribution < 1.29 is 10.2 Å². The van der Waals surface area contributed by atoms with Crippen LogP contribution in [0.4, 0.5) is 0 Å². The van der Waals surface area contributed by atoms with Crippen LogP contribution in [0.15, 0.2) is 0 Å². The van der Waals surface area contributed by atoms with Crippen molar-refractivity contribution in [1.29, 1.82) is 0 Å². The van der Waals surface area contributed by atoms with E-state index in [2.05, 4.69) is 27.7 Å². The Bertz CT molecular complexity index is 260. The highest BCUT2D eigenvalue weighted by Gasteiger charge is 2.53. The van der Waals surface area contributed by atoms with Crippen molar-refractivity contribution in [2.45, 2.75) is 59.2 Å². The van der Waals surface area contributed by atoms with Crippen LogP contribution in [0.2, 0.25) is 0 Å². The van der Waals surface area contributed by atoms with Gasteiger partial charge in [0.25, 0.3) is 0 Å². The quantitative estimate of drug-likeness (QED) is 0.796. The Kier molecular flexibility index (Phi) is 3.84. The van der Waals surface area contributed by atoms with Gasteiger partial charge in [0.1, 0.15) is 0 Å². The lowest BCUT2D eigenvalue weighted by molar-refractivity contribution is -0.00651. The fourth-order valence-electron chi connectivity index (χ4n) is 4.29. The summed E-state index contributed by atoms with van der Waals surface area (Å²) in [6.45, 7) is 8.81. The molecule has 0 radical (unpaired) electrons. The van der Waals surface area contributed by atoms with Gasteiger partial charge in [-0.05, 0) is 48.9 Å². The number of rotatable bonds is 3. The molecular weight excluding hydrogens is 212 g/mol. The fourth-order valence-corrected chi connectivity index (χ4v) is 4.29. The van der Waals surface area contributed by atoms with Gasteiger partial charge >= 0.3 is 0 Å². The van der Waals surface area contributed by atoms with E-state index in [1.165, 1.54) is 0 Å². The van der Waals surface area contributed by atoms with Gasteiger partial charge in [0.15, 0.2) is 0 Å². The molecule has 0 spiro atoms. The molecule has 6 atom stereocenters. The van der Waals surface area contributed by atoms with E-state index in [0.29, 0.717) is 29.6 Å². The van der Waals surface area contributed by atoms with E-state index in [1.807, 2.05) is 0 Å². The van der Waals surface area contributed by atoms with Crippen LogP contribution >= 0.6 is 0 Å². The number of hydrogen-bond donors (Lipinski definition) is 2. The molecule has 2 rings (SSSR count). The molecule has 2 fully saturated rings. The van der Waals surface area contributed by atoms with Crippen LogP contribution in [0.25, 0.3) is 0 Å². The minimum absolute atomic E-state index is 0.158. The fraction of sp³-hybridized carbons (Fsp3) is 1.00. The first-order valence-electron chi connectivity index (χ1n) is 7.28. The molecule has 0 aromatic rings. The van der Waals surface area contributed by atoms with Gasteiger partial charge in [0.05, 0.1) is 12.2 Å². The molecule has 2 aliphatic rings. The second-order valence-electron chi connectivity index (χ2n) is 7.09. The highest BCUT2D eigenvalue weighted by Crippen LogP contribution is 2.52. The van der Waals surface area contributed by atoms with E-state index in [1.54, 1.807) is 0 Å². The first-order valence-corrected chi connectivity index (χ1v) is 7.28. The lowest BCUT2D eigenvalue weighted by atomic mass is 9.85. The molecule has 2 heteroatoms. The largest absolute Gasteiger partial charge is 0.392 e.